The summed E-state index contributed by atoms with van der Waals surface area (Å²) in [5.74, 6) is 0. The number of fused-ring (bicyclic) bond motifs is 6. The SMILES string of the molecule is [O-][Cl+3]([O-])([O-])[O-].c1ccc(-c2c3c(ccc4ccccc43)[o+]c3ccc4ccccc4c23)cc1. The van der Waals surface area contributed by atoms with Crippen molar-refractivity contribution < 1.29 is 33.3 Å². The summed E-state index contributed by atoms with van der Waals surface area (Å²) in [5, 5.41) is 7.24. The van der Waals surface area contributed by atoms with Gasteiger partial charge in [-0.15, -0.1) is 10.2 Å². The van der Waals surface area contributed by atoms with Crippen molar-refractivity contribution in [1.82, 2.24) is 0 Å². The Hall–Kier alpha value is -3.58. The Morgan fingerprint density at radius 3 is 1.39 bits per heavy atom. The predicted molar refractivity (Wildman–Crippen MR) is 119 cm³/mol. The van der Waals surface area contributed by atoms with Gasteiger partial charge in [0.15, 0.2) is 0 Å². The molecule has 6 aromatic rings. The van der Waals surface area contributed by atoms with Gasteiger partial charge in [0.05, 0.1) is 10.8 Å². The number of hydrogen-bond donors (Lipinski definition) is 0. The van der Waals surface area contributed by atoms with Crippen LogP contribution >= 0.6 is 0 Å². The summed E-state index contributed by atoms with van der Waals surface area (Å²) in [6, 6.07) is 36.2. The van der Waals surface area contributed by atoms with Crippen LogP contribution in [0, 0.1) is 10.2 Å². The standard InChI is InChI=1S/C27H17O.ClHO4/c1-2-10-20(11-3-1)25-26-21-12-6-4-8-18(21)14-16-23(26)28-24-17-15-19-9-5-7-13-22(19)27(24)25;2-1(3,4)5/h1-17H;(H,2,3,4,5)/q+1;/p-1. The second-order valence-electron chi connectivity index (χ2n) is 7.54. The minimum atomic E-state index is -4.94. The van der Waals surface area contributed by atoms with E-state index in [-0.39, 0.29) is 0 Å². The van der Waals surface area contributed by atoms with Crippen molar-refractivity contribution in [3.8, 4) is 11.1 Å². The average molecular weight is 457 g/mol. The molecular formula is C27H17ClO5. The Morgan fingerprint density at radius 1 is 0.485 bits per heavy atom. The largest absolute Gasteiger partial charge is 0.362 e. The molecule has 0 fully saturated rings. The second-order valence-corrected chi connectivity index (χ2v) is 8.30. The van der Waals surface area contributed by atoms with Gasteiger partial charge in [0.2, 0.25) is 0 Å². The minimum Gasteiger partial charge on any atom is -0.222 e. The molecule has 0 saturated carbocycles. The lowest BCUT2D eigenvalue weighted by Gasteiger charge is -2.17. The highest BCUT2D eigenvalue weighted by Gasteiger charge is 2.23. The van der Waals surface area contributed by atoms with E-state index in [1.165, 1.54) is 43.4 Å². The first-order chi connectivity index (χ1) is 15.9. The lowest BCUT2D eigenvalue weighted by molar-refractivity contribution is -2.00. The van der Waals surface area contributed by atoms with Gasteiger partial charge < -0.3 is 0 Å². The molecule has 0 amide bonds. The summed E-state index contributed by atoms with van der Waals surface area (Å²) in [4.78, 5) is 0. The topological polar surface area (TPSA) is 104 Å². The summed E-state index contributed by atoms with van der Waals surface area (Å²) in [6.45, 7) is 0. The van der Waals surface area contributed by atoms with Crippen molar-refractivity contribution in [2.45, 2.75) is 0 Å². The van der Waals surface area contributed by atoms with Crippen LogP contribution in [0.4, 0.5) is 0 Å². The number of hydrogen-bond acceptors (Lipinski definition) is 4. The third-order valence-corrected chi connectivity index (χ3v) is 5.56. The van der Waals surface area contributed by atoms with E-state index < -0.39 is 10.2 Å². The van der Waals surface area contributed by atoms with Gasteiger partial charge in [-0.2, -0.15) is 0 Å². The number of rotatable bonds is 1. The van der Waals surface area contributed by atoms with Crippen LogP contribution in [-0.2, 0) is 0 Å². The van der Waals surface area contributed by atoms with Crippen LogP contribution in [0.25, 0.3) is 54.6 Å². The molecule has 33 heavy (non-hydrogen) atoms. The molecule has 0 saturated heterocycles. The highest BCUT2D eigenvalue weighted by molar-refractivity contribution is 6.24. The third kappa shape index (κ3) is 4.24. The van der Waals surface area contributed by atoms with E-state index in [4.69, 9.17) is 23.1 Å². The predicted octanol–water partition coefficient (Wildman–Crippen LogP) is 3.08. The van der Waals surface area contributed by atoms with Crippen LogP contribution in [0.3, 0.4) is 0 Å². The van der Waals surface area contributed by atoms with Crippen molar-refractivity contribution in [3.05, 3.63) is 103 Å². The van der Waals surface area contributed by atoms with Crippen molar-refractivity contribution in [3.63, 3.8) is 0 Å². The van der Waals surface area contributed by atoms with Crippen molar-refractivity contribution in [2.75, 3.05) is 0 Å². The fourth-order valence-corrected chi connectivity index (χ4v) is 4.33. The Morgan fingerprint density at radius 2 is 0.909 bits per heavy atom. The Bertz CT molecular complexity index is 1510. The van der Waals surface area contributed by atoms with Crippen LogP contribution in [0.1, 0.15) is 0 Å². The second kappa shape index (κ2) is 8.41. The smallest absolute Gasteiger partial charge is 0.222 e. The van der Waals surface area contributed by atoms with Gasteiger partial charge >= 0.3 is 11.2 Å². The first-order valence-corrected chi connectivity index (χ1v) is 11.4. The summed E-state index contributed by atoms with van der Waals surface area (Å²) in [7, 11) is -4.94. The maximum absolute atomic E-state index is 8.49. The van der Waals surface area contributed by atoms with Gasteiger partial charge in [-0.05, 0) is 39.2 Å². The van der Waals surface area contributed by atoms with Crippen LogP contribution in [0.5, 0.6) is 0 Å². The fourth-order valence-electron chi connectivity index (χ4n) is 4.33. The molecule has 162 valence electrons. The fraction of sp³-hybridized carbons (Fsp3) is 0. The summed E-state index contributed by atoms with van der Waals surface area (Å²) >= 11 is 0. The molecule has 6 rings (SSSR count). The van der Waals surface area contributed by atoms with Gasteiger partial charge in [-0.1, -0.05) is 78.9 Å². The van der Waals surface area contributed by atoms with E-state index in [2.05, 4.69) is 103 Å². The molecular weight excluding hydrogens is 440 g/mol. The molecule has 0 radical (unpaired) electrons. The van der Waals surface area contributed by atoms with Crippen molar-refractivity contribution >= 4 is 43.5 Å². The molecule has 5 nitrogen and oxygen atoms in total. The van der Waals surface area contributed by atoms with Gasteiger partial charge in [0.25, 0.3) is 0 Å². The summed E-state index contributed by atoms with van der Waals surface area (Å²) in [6.07, 6.45) is 0. The zero-order chi connectivity index (χ0) is 23.0. The van der Waals surface area contributed by atoms with E-state index in [1.54, 1.807) is 0 Å². The molecule has 0 atom stereocenters. The van der Waals surface area contributed by atoms with Crippen LogP contribution in [-0.4, -0.2) is 0 Å². The van der Waals surface area contributed by atoms with E-state index in [0.29, 0.717) is 0 Å². The van der Waals surface area contributed by atoms with E-state index in [1.807, 2.05) is 0 Å². The molecule has 6 heteroatoms. The van der Waals surface area contributed by atoms with Crippen LogP contribution < -0.4 is 18.6 Å². The van der Waals surface area contributed by atoms with E-state index in [0.717, 1.165) is 11.2 Å². The molecule has 0 spiro atoms. The third-order valence-electron chi connectivity index (χ3n) is 5.56. The van der Waals surface area contributed by atoms with Gasteiger partial charge in [-0.3, -0.25) is 0 Å². The Labute approximate surface area is 191 Å². The first kappa shape index (κ1) is 21.3. The summed E-state index contributed by atoms with van der Waals surface area (Å²) < 4.78 is 40.4. The molecule has 0 aliphatic heterocycles. The Balaban J connectivity index is 0.000000416. The lowest BCUT2D eigenvalue weighted by Crippen LogP contribution is -2.68. The maximum atomic E-state index is 8.49. The van der Waals surface area contributed by atoms with Gasteiger partial charge in [0.1, 0.15) is 0 Å². The molecule has 0 aliphatic carbocycles. The van der Waals surface area contributed by atoms with Crippen molar-refractivity contribution in [2.24, 2.45) is 0 Å². The molecule has 0 N–H and O–H groups in total. The first-order valence-electron chi connectivity index (χ1n) is 10.2. The van der Waals surface area contributed by atoms with Gasteiger partial charge in [-0.25, -0.2) is 23.1 Å². The molecule has 0 unspecified atom stereocenters. The quantitative estimate of drug-likeness (QED) is 0.215. The number of halogens is 1. The van der Waals surface area contributed by atoms with Crippen molar-refractivity contribution in [1.29, 1.82) is 0 Å². The molecule has 1 heterocycles. The lowest BCUT2D eigenvalue weighted by atomic mass is 9.91. The van der Waals surface area contributed by atoms with E-state index in [9.17, 15) is 0 Å². The van der Waals surface area contributed by atoms with Crippen LogP contribution in [0.15, 0.2) is 108 Å². The van der Waals surface area contributed by atoms with E-state index >= 15 is 0 Å². The summed E-state index contributed by atoms with van der Waals surface area (Å²) in [5.41, 5.74) is 4.28. The normalized spacial score (nSPS) is 11.6. The maximum Gasteiger partial charge on any atom is 0.362 e. The molecule has 0 bridgehead atoms. The zero-order valence-electron chi connectivity index (χ0n) is 17.2. The van der Waals surface area contributed by atoms with Gasteiger partial charge in [0, 0.05) is 17.7 Å². The zero-order valence-corrected chi connectivity index (χ0v) is 18.0. The average Bonchev–Trinajstić information content (AvgIpc) is 2.82. The van der Waals surface area contributed by atoms with Crippen LogP contribution in [0.2, 0.25) is 0 Å². The molecule has 5 aromatic carbocycles. The molecule has 1 aromatic heterocycles. The highest BCUT2D eigenvalue weighted by Crippen LogP contribution is 2.42. The Kier molecular flexibility index (Phi) is 5.42. The highest BCUT2D eigenvalue weighted by atomic mass is 35.7. The molecule has 0 aliphatic rings. The monoisotopic (exact) mass is 456 g/mol. The number of benzene rings is 5. The minimum absolute atomic E-state index is 0.917.